The van der Waals surface area contributed by atoms with Crippen LogP contribution in [0.5, 0.6) is 0 Å². The van der Waals surface area contributed by atoms with E-state index in [0.717, 1.165) is 24.1 Å². The van der Waals surface area contributed by atoms with E-state index in [-0.39, 0.29) is 12.1 Å². The summed E-state index contributed by atoms with van der Waals surface area (Å²) >= 11 is 0. The number of rotatable bonds is 6. The Morgan fingerprint density at radius 3 is 2.50 bits per heavy atom. The van der Waals surface area contributed by atoms with E-state index in [4.69, 9.17) is 0 Å². The van der Waals surface area contributed by atoms with E-state index in [1.165, 1.54) is 0 Å². The first-order chi connectivity index (χ1) is 7.62. The summed E-state index contributed by atoms with van der Waals surface area (Å²) in [6.07, 6.45) is 0.962. The summed E-state index contributed by atoms with van der Waals surface area (Å²) in [5, 5.41) is 12.9. The summed E-state index contributed by atoms with van der Waals surface area (Å²) in [4.78, 5) is 0. The second kappa shape index (κ2) is 5.83. The minimum atomic E-state index is -0.390. The van der Waals surface area contributed by atoms with Crippen LogP contribution in [-0.2, 0) is 5.54 Å². The average molecular weight is 219 g/mol. The lowest BCUT2D eigenvalue weighted by atomic mass is 9.92. The zero-order valence-corrected chi connectivity index (χ0v) is 10.2. The lowest BCUT2D eigenvalue weighted by molar-refractivity contribution is 0.178. The van der Waals surface area contributed by atoms with Crippen molar-refractivity contribution in [1.82, 2.24) is 5.32 Å². The number of hydrogen-bond acceptors (Lipinski definition) is 2. The molecule has 0 saturated heterocycles. The predicted molar refractivity (Wildman–Crippen MR) is 68.3 cm³/mol. The maximum atomic E-state index is 9.53. The molecule has 0 aliphatic rings. The van der Waals surface area contributed by atoms with E-state index in [2.05, 4.69) is 18.8 Å². The first-order valence-corrected chi connectivity index (χ1v) is 5.70. The maximum absolute atomic E-state index is 9.53. The molecule has 1 aromatic rings. The Balaban J connectivity index is 2.74. The molecule has 0 aliphatic carbocycles. The van der Waals surface area contributed by atoms with Gasteiger partial charge in [-0.05, 0) is 18.9 Å². The number of hydrogen-bond donors (Lipinski definition) is 2. The van der Waals surface area contributed by atoms with Crippen molar-refractivity contribution in [3.8, 4) is 0 Å². The quantitative estimate of drug-likeness (QED) is 0.720. The topological polar surface area (TPSA) is 32.3 Å². The van der Waals surface area contributed by atoms with Crippen molar-refractivity contribution in [2.45, 2.75) is 25.8 Å². The minimum Gasteiger partial charge on any atom is -0.394 e. The van der Waals surface area contributed by atoms with Gasteiger partial charge in [0, 0.05) is 6.54 Å². The van der Waals surface area contributed by atoms with Gasteiger partial charge in [-0.2, -0.15) is 0 Å². The number of benzene rings is 1. The van der Waals surface area contributed by atoms with Crippen molar-refractivity contribution in [2.75, 3.05) is 13.2 Å². The third kappa shape index (κ3) is 3.19. The van der Waals surface area contributed by atoms with Gasteiger partial charge in [0.05, 0.1) is 12.1 Å². The molecule has 0 saturated carbocycles. The Morgan fingerprint density at radius 1 is 1.38 bits per heavy atom. The molecule has 0 amide bonds. The fourth-order valence-corrected chi connectivity index (χ4v) is 1.50. The van der Waals surface area contributed by atoms with Gasteiger partial charge in [0.1, 0.15) is 0 Å². The fraction of sp³-hybridized carbons (Fsp3) is 0.429. The highest BCUT2D eigenvalue weighted by Crippen LogP contribution is 2.19. The molecule has 0 heterocycles. The van der Waals surface area contributed by atoms with Gasteiger partial charge >= 0.3 is 0 Å². The van der Waals surface area contributed by atoms with Gasteiger partial charge in [0.2, 0.25) is 0 Å². The summed E-state index contributed by atoms with van der Waals surface area (Å²) in [7, 11) is 0. The van der Waals surface area contributed by atoms with Crippen LogP contribution in [0.25, 0.3) is 0 Å². The van der Waals surface area contributed by atoms with Crippen molar-refractivity contribution in [3.05, 3.63) is 48.0 Å². The van der Waals surface area contributed by atoms with Crippen LogP contribution < -0.4 is 5.32 Å². The van der Waals surface area contributed by atoms with E-state index in [0.29, 0.717) is 0 Å². The molecule has 2 heteroatoms. The van der Waals surface area contributed by atoms with E-state index in [9.17, 15) is 5.11 Å². The Bertz CT molecular complexity index is 334. The molecule has 0 spiro atoms. The largest absolute Gasteiger partial charge is 0.394 e. The lowest BCUT2D eigenvalue weighted by Gasteiger charge is -2.30. The van der Waals surface area contributed by atoms with Crippen LogP contribution in [0.3, 0.4) is 0 Å². The predicted octanol–water partition coefficient (Wildman–Crippen LogP) is 2.45. The Hall–Kier alpha value is -1.12. The molecule has 1 atom stereocenters. The Labute approximate surface area is 98.0 Å². The van der Waals surface area contributed by atoms with Gasteiger partial charge in [0.15, 0.2) is 0 Å². The summed E-state index contributed by atoms with van der Waals surface area (Å²) in [6.45, 7) is 8.87. The number of nitrogens with one attached hydrogen (secondary N) is 1. The van der Waals surface area contributed by atoms with Crippen LogP contribution in [-0.4, -0.2) is 18.3 Å². The normalized spacial score (nSPS) is 14.4. The fourth-order valence-electron chi connectivity index (χ4n) is 1.50. The highest BCUT2D eigenvalue weighted by atomic mass is 16.3. The third-order valence-corrected chi connectivity index (χ3v) is 2.96. The molecular formula is C14H21NO. The first kappa shape index (κ1) is 12.9. The molecule has 16 heavy (non-hydrogen) atoms. The summed E-state index contributed by atoms with van der Waals surface area (Å²) < 4.78 is 0. The molecule has 0 aliphatic heterocycles. The van der Waals surface area contributed by atoms with Crippen molar-refractivity contribution in [2.24, 2.45) is 0 Å². The smallest absolute Gasteiger partial charge is 0.0652 e. The van der Waals surface area contributed by atoms with Gasteiger partial charge < -0.3 is 10.4 Å². The Morgan fingerprint density at radius 2 is 2.00 bits per heavy atom. The SMILES string of the molecule is C=C(CC)CNC(C)(CO)c1ccccc1. The van der Waals surface area contributed by atoms with Gasteiger partial charge in [-0.25, -0.2) is 0 Å². The highest BCUT2D eigenvalue weighted by molar-refractivity contribution is 5.24. The third-order valence-electron chi connectivity index (χ3n) is 2.96. The highest BCUT2D eigenvalue weighted by Gasteiger charge is 2.24. The van der Waals surface area contributed by atoms with E-state index >= 15 is 0 Å². The number of aliphatic hydroxyl groups excluding tert-OH is 1. The zero-order chi connectivity index (χ0) is 12.0. The molecule has 1 rings (SSSR count). The van der Waals surface area contributed by atoms with E-state index in [1.54, 1.807) is 0 Å². The minimum absolute atomic E-state index is 0.0774. The van der Waals surface area contributed by atoms with Crippen molar-refractivity contribution in [1.29, 1.82) is 0 Å². The van der Waals surface area contributed by atoms with Crippen molar-refractivity contribution < 1.29 is 5.11 Å². The standard InChI is InChI=1S/C14H21NO/c1-4-12(2)10-15-14(3,11-16)13-8-6-5-7-9-13/h5-9,15-16H,2,4,10-11H2,1,3H3. The zero-order valence-electron chi connectivity index (χ0n) is 10.2. The van der Waals surface area contributed by atoms with Crippen LogP contribution >= 0.6 is 0 Å². The van der Waals surface area contributed by atoms with Gasteiger partial charge in [-0.3, -0.25) is 0 Å². The average Bonchev–Trinajstić information content (AvgIpc) is 2.36. The second-order valence-electron chi connectivity index (χ2n) is 4.31. The molecule has 1 aromatic carbocycles. The van der Waals surface area contributed by atoms with Crippen LogP contribution in [0.1, 0.15) is 25.8 Å². The van der Waals surface area contributed by atoms with Gasteiger partial charge in [0.25, 0.3) is 0 Å². The summed E-state index contributed by atoms with van der Waals surface area (Å²) in [6, 6.07) is 10.0. The molecular weight excluding hydrogens is 198 g/mol. The van der Waals surface area contributed by atoms with Crippen LogP contribution in [0.15, 0.2) is 42.5 Å². The molecule has 2 nitrogen and oxygen atoms in total. The molecule has 88 valence electrons. The van der Waals surface area contributed by atoms with Gasteiger partial charge in [-0.15, -0.1) is 0 Å². The summed E-state index contributed by atoms with van der Waals surface area (Å²) in [5.41, 5.74) is 1.86. The monoisotopic (exact) mass is 219 g/mol. The van der Waals surface area contributed by atoms with Crippen LogP contribution in [0, 0.1) is 0 Å². The molecule has 0 bridgehead atoms. The van der Waals surface area contributed by atoms with Crippen molar-refractivity contribution >= 4 is 0 Å². The van der Waals surface area contributed by atoms with Gasteiger partial charge in [-0.1, -0.05) is 49.4 Å². The molecule has 0 fully saturated rings. The Kier molecular flexibility index (Phi) is 4.71. The second-order valence-corrected chi connectivity index (χ2v) is 4.31. The molecule has 0 radical (unpaired) electrons. The molecule has 0 aromatic heterocycles. The van der Waals surface area contributed by atoms with E-state index in [1.807, 2.05) is 37.3 Å². The molecule has 2 N–H and O–H groups in total. The van der Waals surface area contributed by atoms with E-state index < -0.39 is 0 Å². The summed E-state index contributed by atoms with van der Waals surface area (Å²) in [5.74, 6) is 0. The van der Waals surface area contributed by atoms with Crippen molar-refractivity contribution in [3.63, 3.8) is 0 Å². The first-order valence-electron chi connectivity index (χ1n) is 5.70. The van der Waals surface area contributed by atoms with Crippen LogP contribution in [0.4, 0.5) is 0 Å². The molecule has 1 unspecified atom stereocenters. The lowest BCUT2D eigenvalue weighted by Crippen LogP contribution is -2.43. The number of aliphatic hydroxyl groups is 1. The van der Waals surface area contributed by atoms with Crippen LogP contribution in [0.2, 0.25) is 0 Å². The maximum Gasteiger partial charge on any atom is 0.0652 e.